The maximum absolute atomic E-state index is 5.59. The van der Waals surface area contributed by atoms with Gasteiger partial charge in [0.1, 0.15) is 0 Å². The van der Waals surface area contributed by atoms with Crippen LogP contribution in [0.15, 0.2) is 12.3 Å². The molecule has 0 atom stereocenters. The zero-order valence-electron chi connectivity index (χ0n) is 15.4. The predicted octanol–water partition coefficient (Wildman–Crippen LogP) is 1.40. The fraction of sp³-hybridized carbons (Fsp3) is 0.632. The van der Waals surface area contributed by atoms with Crippen LogP contribution in [-0.2, 0) is 37.3 Å². The van der Waals surface area contributed by atoms with E-state index in [1.165, 1.54) is 35.4 Å². The molecule has 5 rings (SSSR count). The second kappa shape index (κ2) is 6.63. The average molecular weight is 354 g/mol. The lowest BCUT2D eigenvalue weighted by Gasteiger charge is -2.44. The van der Waals surface area contributed by atoms with Crippen LogP contribution >= 0.6 is 0 Å². The Morgan fingerprint density at radius 3 is 3.04 bits per heavy atom. The van der Waals surface area contributed by atoms with Crippen LogP contribution in [0.1, 0.15) is 35.4 Å². The lowest BCUT2D eigenvalue weighted by Crippen LogP contribution is -2.58. The third-order valence-electron chi connectivity index (χ3n) is 6.01. The summed E-state index contributed by atoms with van der Waals surface area (Å²) in [6.45, 7) is 5.28. The van der Waals surface area contributed by atoms with E-state index in [4.69, 9.17) is 4.74 Å². The second-order valence-corrected chi connectivity index (χ2v) is 7.75. The van der Waals surface area contributed by atoms with Crippen molar-refractivity contribution in [2.75, 3.05) is 31.6 Å². The van der Waals surface area contributed by atoms with Crippen molar-refractivity contribution >= 4 is 5.82 Å². The van der Waals surface area contributed by atoms with Crippen LogP contribution in [0.3, 0.4) is 0 Å². The Morgan fingerprint density at radius 2 is 2.12 bits per heavy atom. The van der Waals surface area contributed by atoms with Crippen LogP contribution in [0.5, 0.6) is 0 Å². The SMILES string of the molecule is CN(Cc1cnn2c1COCC2)C1CN(c2cc3c(nn2)CCCC3)C1. The summed E-state index contributed by atoms with van der Waals surface area (Å²) in [5.74, 6) is 1.05. The fourth-order valence-corrected chi connectivity index (χ4v) is 4.21. The first kappa shape index (κ1) is 16.2. The van der Waals surface area contributed by atoms with Gasteiger partial charge in [0.25, 0.3) is 0 Å². The summed E-state index contributed by atoms with van der Waals surface area (Å²) in [6, 6.07) is 2.82. The normalized spacial score (nSPS) is 20.0. The number of fused-ring (bicyclic) bond motifs is 2. The summed E-state index contributed by atoms with van der Waals surface area (Å²) in [7, 11) is 2.20. The molecule has 0 bridgehead atoms. The molecule has 0 radical (unpaired) electrons. The van der Waals surface area contributed by atoms with Gasteiger partial charge in [-0.3, -0.25) is 9.58 Å². The van der Waals surface area contributed by atoms with Gasteiger partial charge in [-0.05, 0) is 44.4 Å². The minimum absolute atomic E-state index is 0.549. The molecule has 3 aliphatic rings. The molecular formula is C19H26N6O. The first-order chi connectivity index (χ1) is 12.8. The molecule has 0 saturated carbocycles. The Labute approximate surface area is 153 Å². The summed E-state index contributed by atoms with van der Waals surface area (Å²) < 4.78 is 7.68. The molecule has 0 amide bonds. The van der Waals surface area contributed by atoms with Crippen LogP contribution in [0.2, 0.25) is 0 Å². The van der Waals surface area contributed by atoms with Crippen molar-refractivity contribution in [1.82, 2.24) is 24.9 Å². The maximum atomic E-state index is 5.59. The monoisotopic (exact) mass is 354 g/mol. The number of hydrogen-bond acceptors (Lipinski definition) is 6. The Hall–Kier alpha value is -1.99. The van der Waals surface area contributed by atoms with Gasteiger partial charge in [0.05, 0.1) is 37.3 Å². The van der Waals surface area contributed by atoms with Gasteiger partial charge in [0.2, 0.25) is 0 Å². The Morgan fingerprint density at radius 1 is 1.23 bits per heavy atom. The molecule has 1 fully saturated rings. The van der Waals surface area contributed by atoms with Crippen molar-refractivity contribution in [1.29, 1.82) is 0 Å². The van der Waals surface area contributed by atoms with E-state index in [0.717, 1.165) is 51.4 Å². The van der Waals surface area contributed by atoms with Crippen molar-refractivity contribution in [3.63, 3.8) is 0 Å². The minimum Gasteiger partial charge on any atom is -0.373 e. The molecule has 2 aromatic rings. The molecule has 138 valence electrons. The number of anilines is 1. The number of aromatic nitrogens is 4. The zero-order valence-corrected chi connectivity index (χ0v) is 15.4. The van der Waals surface area contributed by atoms with Gasteiger partial charge in [-0.15, -0.1) is 5.10 Å². The Balaban J connectivity index is 1.21. The predicted molar refractivity (Wildman–Crippen MR) is 98.0 cm³/mol. The standard InChI is InChI=1S/C19H26N6O/c1-23(10-15-9-20-25-6-7-26-13-18(15)25)16-11-24(12-16)19-8-14-4-2-3-5-17(14)21-22-19/h8-9,16H,2-7,10-13H2,1H3. The summed E-state index contributed by atoms with van der Waals surface area (Å²) in [4.78, 5) is 4.77. The van der Waals surface area contributed by atoms with Crippen LogP contribution in [-0.4, -0.2) is 57.7 Å². The summed E-state index contributed by atoms with van der Waals surface area (Å²) in [5.41, 5.74) is 5.14. The van der Waals surface area contributed by atoms with Crippen molar-refractivity contribution in [2.45, 2.75) is 51.4 Å². The molecule has 7 heteroatoms. The van der Waals surface area contributed by atoms with E-state index in [0.29, 0.717) is 12.6 Å². The number of likely N-dealkylation sites (N-methyl/N-ethyl adjacent to an activating group) is 1. The molecule has 1 aliphatic carbocycles. The van der Waals surface area contributed by atoms with Gasteiger partial charge in [-0.2, -0.15) is 10.2 Å². The number of rotatable bonds is 4. The van der Waals surface area contributed by atoms with E-state index in [9.17, 15) is 0 Å². The summed E-state index contributed by atoms with van der Waals surface area (Å²) in [6.07, 6.45) is 6.79. The van der Waals surface area contributed by atoms with Crippen LogP contribution < -0.4 is 4.90 Å². The average Bonchev–Trinajstić information content (AvgIpc) is 3.03. The largest absolute Gasteiger partial charge is 0.373 e. The molecule has 0 spiro atoms. The van der Waals surface area contributed by atoms with Gasteiger partial charge < -0.3 is 9.64 Å². The molecule has 0 N–H and O–H groups in total. The van der Waals surface area contributed by atoms with Crippen molar-refractivity contribution in [3.8, 4) is 0 Å². The Bertz CT molecular complexity index is 797. The number of ether oxygens (including phenoxy) is 1. The lowest BCUT2D eigenvalue weighted by molar-refractivity contribution is 0.0784. The first-order valence-electron chi connectivity index (χ1n) is 9.70. The number of hydrogen-bond donors (Lipinski definition) is 0. The van der Waals surface area contributed by atoms with Gasteiger partial charge >= 0.3 is 0 Å². The molecule has 2 aliphatic heterocycles. The first-order valence-corrected chi connectivity index (χ1v) is 9.70. The van der Waals surface area contributed by atoms with Crippen LogP contribution in [0, 0.1) is 0 Å². The molecule has 7 nitrogen and oxygen atoms in total. The zero-order chi connectivity index (χ0) is 17.5. The van der Waals surface area contributed by atoms with Crippen molar-refractivity contribution in [2.24, 2.45) is 0 Å². The fourth-order valence-electron chi connectivity index (χ4n) is 4.21. The van der Waals surface area contributed by atoms with E-state index in [-0.39, 0.29) is 0 Å². The summed E-state index contributed by atoms with van der Waals surface area (Å²) in [5, 5.41) is 13.4. The van der Waals surface area contributed by atoms with Gasteiger partial charge in [-0.25, -0.2) is 0 Å². The highest BCUT2D eigenvalue weighted by molar-refractivity contribution is 5.45. The second-order valence-electron chi connectivity index (χ2n) is 7.75. The molecule has 4 heterocycles. The van der Waals surface area contributed by atoms with E-state index >= 15 is 0 Å². The molecule has 0 aromatic carbocycles. The van der Waals surface area contributed by atoms with E-state index in [1.54, 1.807) is 0 Å². The summed E-state index contributed by atoms with van der Waals surface area (Å²) >= 11 is 0. The van der Waals surface area contributed by atoms with Crippen molar-refractivity contribution < 1.29 is 4.74 Å². The smallest absolute Gasteiger partial charge is 0.151 e. The number of aryl methyl sites for hydroxylation is 2. The van der Waals surface area contributed by atoms with Crippen LogP contribution in [0.25, 0.3) is 0 Å². The molecule has 26 heavy (non-hydrogen) atoms. The molecule has 2 aromatic heterocycles. The third-order valence-corrected chi connectivity index (χ3v) is 6.01. The highest BCUT2D eigenvalue weighted by Crippen LogP contribution is 2.27. The number of nitrogens with zero attached hydrogens (tertiary/aromatic N) is 6. The third kappa shape index (κ3) is 2.89. The van der Waals surface area contributed by atoms with Crippen LogP contribution in [0.4, 0.5) is 5.82 Å². The quantitative estimate of drug-likeness (QED) is 0.827. The van der Waals surface area contributed by atoms with E-state index in [1.807, 2.05) is 6.20 Å². The van der Waals surface area contributed by atoms with Crippen molar-refractivity contribution in [3.05, 3.63) is 34.8 Å². The molecule has 1 saturated heterocycles. The van der Waals surface area contributed by atoms with Gasteiger partial charge in [0.15, 0.2) is 5.82 Å². The highest BCUT2D eigenvalue weighted by Gasteiger charge is 2.32. The van der Waals surface area contributed by atoms with E-state index < -0.39 is 0 Å². The minimum atomic E-state index is 0.549. The molecular weight excluding hydrogens is 328 g/mol. The molecule has 0 unspecified atom stereocenters. The van der Waals surface area contributed by atoms with Gasteiger partial charge in [-0.1, -0.05) is 0 Å². The lowest BCUT2D eigenvalue weighted by atomic mass is 9.96. The maximum Gasteiger partial charge on any atom is 0.151 e. The Kier molecular flexibility index (Phi) is 4.13. The van der Waals surface area contributed by atoms with Gasteiger partial charge in [0, 0.05) is 31.2 Å². The topological polar surface area (TPSA) is 59.3 Å². The van der Waals surface area contributed by atoms with E-state index in [2.05, 4.69) is 42.9 Å². The highest BCUT2D eigenvalue weighted by atomic mass is 16.5.